The van der Waals surface area contributed by atoms with E-state index < -0.39 is 0 Å². The minimum atomic E-state index is 0.0760. The van der Waals surface area contributed by atoms with Crippen molar-refractivity contribution in [1.82, 2.24) is 0 Å². The Morgan fingerprint density at radius 3 is 2.56 bits per heavy atom. The number of aryl methyl sites for hydroxylation is 1. The summed E-state index contributed by atoms with van der Waals surface area (Å²) in [6.45, 7) is 6.88. The quantitative estimate of drug-likeness (QED) is 0.713. The first-order chi connectivity index (χ1) is 7.58. The third-order valence-electron chi connectivity index (χ3n) is 2.83. The predicted molar refractivity (Wildman–Crippen MR) is 68.4 cm³/mol. The summed E-state index contributed by atoms with van der Waals surface area (Å²) < 4.78 is 0. The maximum Gasteiger partial charge on any atom is 0.0635 e. The van der Waals surface area contributed by atoms with Gasteiger partial charge < -0.3 is 16.2 Å². The molecule has 0 fully saturated rings. The lowest BCUT2D eigenvalue weighted by atomic mass is 10.0. The molecule has 1 unspecified atom stereocenters. The standard InChI is InChI=1S/C13H22N2O/c1-9(2)13(8-16)15-12-6-10(3)4-5-11(12)7-14/h4-6,9,13,15-16H,7-8,14H2,1-3H3. The van der Waals surface area contributed by atoms with Crippen LogP contribution in [0.4, 0.5) is 5.69 Å². The van der Waals surface area contributed by atoms with Crippen molar-refractivity contribution in [2.45, 2.75) is 33.4 Å². The van der Waals surface area contributed by atoms with Crippen LogP contribution in [0.5, 0.6) is 0 Å². The first-order valence-electron chi connectivity index (χ1n) is 5.75. The number of rotatable bonds is 5. The molecule has 1 atom stereocenters. The number of nitrogens with one attached hydrogen (secondary N) is 1. The molecule has 0 amide bonds. The van der Waals surface area contributed by atoms with Crippen LogP contribution in [0.1, 0.15) is 25.0 Å². The van der Waals surface area contributed by atoms with Crippen LogP contribution in [0, 0.1) is 12.8 Å². The molecule has 4 N–H and O–H groups in total. The van der Waals surface area contributed by atoms with Crippen molar-refractivity contribution in [1.29, 1.82) is 0 Å². The normalized spacial score (nSPS) is 12.9. The molecule has 1 aromatic rings. The Morgan fingerprint density at radius 2 is 2.06 bits per heavy atom. The molecule has 90 valence electrons. The number of benzene rings is 1. The summed E-state index contributed by atoms with van der Waals surface area (Å²) in [5, 5.41) is 12.7. The number of anilines is 1. The third kappa shape index (κ3) is 3.22. The molecule has 0 spiro atoms. The topological polar surface area (TPSA) is 58.3 Å². The highest BCUT2D eigenvalue weighted by molar-refractivity contribution is 5.53. The van der Waals surface area contributed by atoms with Gasteiger partial charge >= 0.3 is 0 Å². The van der Waals surface area contributed by atoms with E-state index >= 15 is 0 Å². The molecule has 0 aliphatic heterocycles. The van der Waals surface area contributed by atoms with E-state index in [9.17, 15) is 5.11 Å². The van der Waals surface area contributed by atoms with Gasteiger partial charge in [-0.15, -0.1) is 0 Å². The molecule has 16 heavy (non-hydrogen) atoms. The van der Waals surface area contributed by atoms with Gasteiger partial charge in [-0.3, -0.25) is 0 Å². The van der Waals surface area contributed by atoms with E-state index in [2.05, 4.69) is 38.2 Å². The zero-order chi connectivity index (χ0) is 12.1. The second kappa shape index (κ2) is 5.87. The first-order valence-corrected chi connectivity index (χ1v) is 5.75. The maximum atomic E-state index is 9.30. The lowest BCUT2D eigenvalue weighted by Gasteiger charge is -2.23. The number of nitrogens with two attached hydrogens (primary N) is 1. The van der Waals surface area contributed by atoms with Gasteiger partial charge in [-0.25, -0.2) is 0 Å². The number of aliphatic hydroxyl groups excluding tert-OH is 1. The average molecular weight is 222 g/mol. The van der Waals surface area contributed by atoms with Gasteiger partial charge in [-0.05, 0) is 30.0 Å². The minimum Gasteiger partial charge on any atom is -0.394 e. The van der Waals surface area contributed by atoms with Gasteiger partial charge in [-0.2, -0.15) is 0 Å². The Balaban J connectivity index is 2.89. The van der Waals surface area contributed by atoms with Gasteiger partial charge in [0.25, 0.3) is 0 Å². The second-order valence-electron chi connectivity index (χ2n) is 4.54. The highest BCUT2D eigenvalue weighted by Crippen LogP contribution is 2.19. The van der Waals surface area contributed by atoms with Crippen LogP contribution in [0.2, 0.25) is 0 Å². The fraction of sp³-hybridized carbons (Fsp3) is 0.538. The van der Waals surface area contributed by atoms with Crippen LogP contribution < -0.4 is 11.1 Å². The summed E-state index contributed by atoms with van der Waals surface area (Å²) in [5.41, 5.74) is 9.01. The van der Waals surface area contributed by atoms with Crippen LogP contribution in [-0.4, -0.2) is 17.8 Å². The Morgan fingerprint density at radius 1 is 1.38 bits per heavy atom. The maximum absolute atomic E-state index is 9.30. The van der Waals surface area contributed by atoms with Crippen molar-refractivity contribution in [3.05, 3.63) is 29.3 Å². The Bertz CT molecular complexity index is 337. The fourth-order valence-electron chi connectivity index (χ4n) is 1.63. The van der Waals surface area contributed by atoms with Crippen molar-refractivity contribution in [3.8, 4) is 0 Å². The molecule has 0 aromatic heterocycles. The summed E-state index contributed by atoms with van der Waals surface area (Å²) in [5.74, 6) is 0.385. The summed E-state index contributed by atoms with van der Waals surface area (Å²) in [6, 6.07) is 6.24. The van der Waals surface area contributed by atoms with Crippen LogP contribution in [-0.2, 0) is 6.54 Å². The summed E-state index contributed by atoms with van der Waals surface area (Å²) in [6.07, 6.45) is 0. The molecule has 0 heterocycles. The Hall–Kier alpha value is -1.06. The van der Waals surface area contributed by atoms with Crippen molar-refractivity contribution in [2.75, 3.05) is 11.9 Å². The lowest BCUT2D eigenvalue weighted by Crippen LogP contribution is -2.30. The van der Waals surface area contributed by atoms with Crippen LogP contribution in [0.25, 0.3) is 0 Å². The lowest BCUT2D eigenvalue weighted by molar-refractivity contribution is 0.249. The smallest absolute Gasteiger partial charge is 0.0635 e. The van der Waals surface area contributed by atoms with Crippen molar-refractivity contribution in [3.63, 3.8) is 0 Å². The zero-order valence-electron chi connectivity index (χ0n) is 10.3. The molecule has 1 aromatic carbocycles. The SMILES string of the molecule is Cc1ccc(CN)c(NC(CO)C(C)C)c1. The molecular formula is C13H22N2O. The summed E-state index contributed by atoms with van der Waals surface area (Å²) in [7, 11) is 0. The van der Waals surface area contributed by atoms with E-state index in [1.807, 2.05) is 6.07 Å². The average Bonchev–Trinajstić information content (AvgIpc) is 2.25. The molecule has 0 saturated carbocycles. The highest BCUT2D eigenvalue weighted by atomic mass is 16.3. The van der Waals surface area contributed by atoms with Crippen molar-refractivity contribution >= 4 is 5.69 Å². The second-order valence-corrected chi connectivity index (χ2v) is 4.54. The predicted octanol–water partition coefficient (Wildman–Crippen LogP) is 1.88. The van der Waals surface area contributed by atoms with E-state index in [4.69, 9.17) is 5.73 Å². The van der Waals surface area contributed by atoms with Crippen molar-refractivity contribution in [2.24, 2.45) is 11.7 Å². The van der Waals surface area contributed by atoms with Gasteiger partial charge in [0.2, 0.25) is 0 Å². The molecule has 0 radical (unpaired) electrons. The molecular weight excluding hydrogens is 200 g/mol. The first kappa shape index (κ1) is 13.0. The summed E-state index contributed by atoms with van der Waals surface area (Å²) >= 11 is 0. The highest BCUT2D eigenvalue weighted by Gasteiger charge is 2.13. The van der Waals surface area contributed by atoms with Crippen LogP contribution in [0.15, 0.2) is 18.2 Å². The van der Waals surface area contributed by atoms with E-state index in [0.29, 0.717) is 12.5 Å². The van der Waals surface area contributed by atoms with E-state index in [1.165, 1.54) is 5.56 Å². The Labute approximate surface area is 97.7 Å². The van der Waals surface area contributed by atoms with Gasteiger partial charge in [0, 0.05) is 12.2 Å². The fourth-order valence-corrected chi connectivity index (χ4v) is 1.63. The van der Waals surface area contributed by atoms with Crippen molar-refractivity contribution < 1.29 is 5.11 Å². The summed E-state index contributed by atoms with van der Waals surface area (Å²) in [4.78, 5) is 0. The molecule has 0 bridgehead atoms. The molecule has 1 rings (SSSR count). The number of hydrogen-bond donors (Lipinski definition) is 3. The van der Waals surface area contributed by atoms with E-state index in [0.717, 1.165) is 11.3 Å². The largest absolute Gasteiger partial charge is 0.394 e. The van der Waals surface area contributed by atoms with E-state index in [-0.39, 0.29) is 12.6 Å². The third-order valence-corrected chi connectivity index (χ3v) is 2.83. The molecule has 0 aliphatic rings. The zero-order valence-corrected chi connectivity index (χ0v) is 10.3. The molecule has 0 aliphatic carbocycles. The van der Waals surface area contributed by atoms with Crippen LogP contribution >= 0.6 is 0 Å². The van der Waals surface area contributed by atoms with Gasteiger partial charge in [0.05, 0.1) is 12.6 Å². The monoisotopic (exact) mass is 222 g/mol. The molecule has 3 heteroatoms. The molecule has 0 saturated heterocycles. The molecule has 3 nitrogen and oxygen atoms in total. The van der Waals surface area contributed by atoms with Gasteiger partial charge in [0.1, 0.15) is 0 Å². The number of hydrogen-bond acceptors (Lipinski definition) is 3. The van der Waals surface area contributed by atoms with E-state index in [1.54, 1.807) is 0 Å². The minimum absolute atomic E-state index is 0.0760. The number of aliphatic hydroxyl groups is 1. The Kier molecular flexibility index (Phi) is 4.77. The van der Waals surface area contributed by atoms with Crippen LogP contribution in [0.3, 0.4) is 0 Å². The van der Waals surface area contributed by atoms with Gasteiger partial charge in [0.15, 0.2) is 0 Å². The van der Waals surface area contributed by atoms with Gasteiger partial charge in [-0.1, -0.05) is 26.0 Å².